The fourth-order valence-electron chi connectivity index (χ4n) is 1.54. The van der Waals surface area contributed by atoms with E-state index in [0.717, 1.165) is 5.56 Å². The third-order valence-electron chi connectivity index (χ3n) is 2.40. The van der Waals surface area contributed by atoms with E-state index in [-0.39, 0.29) is 11.2 Å². The molecule has 1 heterocycles. The first-order chi connectivity index (χ1) is 7.77. The van der Waals surface area contributed by atoms with E-state index >= 15 is 0 Å². The van der Waals surface area contributed by atoms with Crippen molar-refractivity contribution >= 4 is 11.6 Å². The van der Waals surface area contributed by atoms with Gasteiger partial charge in [0, 0.05) is 12.4 Å². The Hall–Kier alpha value is -1.41. The van der Waals surface area contributed by atoms with E-state index < -0.39 is 0 Å². The van der Waals surface area contributed by atoms with Gasteiger partial charge < -0.3 is 0 Å². The van der Waals surface area contributed by atoms with Crippen molar-refractivity contribution in [1.82, 2.24) is 4.98 Å². The molecule has 2 rings (SSSR count). The third kappa shape index (κ3) is 2.58. The van der Waals surface area contributed by atoms with Crippen LogP contribution in [0.3, 0.4) is 0 Å². The van der Waals surface area contributed by atoms with E-state index in [9.17, 15) is 4.39 Å². The number of pyridine rings is 1. The van der Waals surface area contributed by atoms with Crippen LogP contribution < -0.4 is 0 Å². The predicted octanol–water partition coefficient (Wildman–Crippen LogP) is 3.74. The quantitative estimate of drug-likeness (QED) is 0.739. The molecule has 0 bridgehead atoms. The molecule has 0 N–H and O–H groups in total. The summed E-state index contributed by atoms with van der Waals surface area (Å²) in [5, 5.41) is -0.245. The highest BCUT2D eigenvalue weighted by atomic mass is 35.5. The summed E-state index contributed by atoms with van der Waals surface area (Å²) >= 11 is 6.21. The van der Waals surface area contributed by atoms with E-state index in [1.165, 1.54) is 6.07 Å². The summed E-state index contributed by atoms with van der Waals surface area (Å²) in [6.45, 7) is 0. The van der Waals surface area contributed by atoms with Crippen molar-refractivity contribution in [3.05, 3.63) is 65.7 Å². The summed E-state index contributed by atoms with van der Waals surface area (Å²) in [6, 6.07) is 10.4. The molecule has 0 spiro atoms. The van der Waals surface area contributed by atoms with E-state index in [1.807, 2.05) is 18.2 Å². The SMILES string of the molecule is Fc1ccccc1CC(Cl)c1cccnc1. The Bertz CT molecular complexity index is 458. The molecule has 1 aromatic carbocycles. The zero-order valence-electron chi connectivity index (χ0n) is 8.61. The average molecular weight is 236 g/mol. The molecule has 1 unspecified atom stereocenters. The van der Waals surface area contributed by atoms with Crippen LogP contribution in [0, 0.1) is 5.82 Å². The zero-order chi connectivity index (χ0) is 11.4. The Balaban J connectivity index is 2.14. The normalized spacial score (nSPS) is 12.4. The van der Waals surface area contributed by atoms with Crippen LogP contribution >= 0.6 is 11.6 Å². The average Bonchev–Trinajstić information content (AvgIpc) is 2.33. The lowest BCUT2D eigenvalue weighted by Crippen LogP contribution is -1.98. The number of rotatable bonds is 3. The number of aromatic nitrogens is 1. The lowest BCUT2D eigenvalue weighted by molar-refractivity contribution is 0.607. The number of hydrogen-bond acceptors (Lipinski definition) is 1. The van der Waals surface area contributed by atoms with E-state index in [2.05, 4.69) is 4.98 Å². The molecule has 0 radical (unpaired) electrons. The smallest absolute Gasteiger partial charge is 0.126 e. The molecule has 0 aliphatic rings. The van der Waals surface area contributed by atoms with Crippen LogP contribution in [-0.2, 0) is 6.42 Å². The molecule has 1 nitrogen and oxygen atoms in total. The van der Waals surface area contributed by atoms with Crippen molar-refractivity contribution in [3.63, 3.8) is 0 Å². The summed E-state index contributed by atoms with van der Waals surface area (Å²) in [5.41, 5.74) is 1.54. The van der Waals surface area contributed by atoms with Gasteiger partial charge in [-0.15, -0.1) is 11.6 Å². The van der Waals surface area contributed by atoms with Crippen LogP contribution in [0.4, 0.5) is 4.39 Å². The predicted molar refractivity (Wildman–Crippen MR) is 62.9 cm³/mol. The molecular weight excluding hydrogens is 225 g/mol. The van der Waals surface area contributed by atoms with Gasteiger partial charge in [-0.1, -0.05) is 24.3 Å². The third-order valence-corrected chi connectivity index (χ3v) is 2.81. The monoisotopic (exact) mass is 235 g/mol. The van der Waals surface area contributed by atoms with Gasteiger partial charge in [0.2, 0.25) is 0 Å². The largest absolute Gasteiger partial charge is 0.264 e. The van der Waals surface area contributed by atoms with Crippen LogP contribution in [0.1, 0.15) is 16.5 Å². The van der Waals surface area contributed by atoms with Gasteiger partial charge in [0.1, 0.15) is 5.82 Å². The molecule has 2 aromatic rings. The van der Waals surface area contributed by atoms with E-state index in [1.54, 1.807) is 24.5 Å². The molecule has 16 heavy (non-hydrogen) atoms. The molecule has 0 saturated carbocycles. The van der Waals surface area contributed by atoms with Crippen LogP contribution in [0.2, 0.25) is 0 Å². The van der Waals surface area contributed by atoms with E-state index in [4.69, 9.17) is 11.6 Å². The second-order valence-corrected chi connectivity index (χ2v) is 4.08. The van der Waals surface area contributed by atoms with Crippen LogP contribution in [-0.4, -0.2) is 4.98 Å². The summed E-state index contributed by atoms with van der Waals surface area (Å²) in [5.74, 6) is -0.211. The van der Waals surface area contributed by atoms with Crippen molar-refractivity contribution in [1.29, 1.82) is 0 Å². The van der Waals surface area contributed by atoms with Crippen molar-refractivity contribution in [2.75, 3.05) is 0 Å². The fourth-order valence-corrected chi connectivity index (χ4v) is 1.83. The van der Waals surface area contributed by atoms with Gasteiger partial charge in [-0.3, -0.25) is 4.98 Å². The van der Waals surface area contributed by atoms with Crippen LogP contribution in [0.5, 0.6) is 0 Å². The minimum Gasteiger partial charge on any atom is -0.264 e. The van der Waals surface area contributed by atoms with Gasteiger partial charge in [-0.25, -0.2) is 4.39 Å². The topological polar surface area (TPSA) is 12.9 Å². The minimum atomic E-state index is -0.245. The van der Waals surface area contributed by atoms with Gasteiger partial charge in [-0.05, 0) is 29.7 Å². The summed E-state index contributed by atoms with van der Waals surface area (Å²) in [7, 11) is 0. The summed E-state index contributed by atoms with van der Waals surface area (Å²) in [6.07, 6.45) is 3.87. The van der Waals surface area contributed by atoms with Gasteiger partial charge in [0.25, 0.3) is 0 Å². The number of hydrogen-bond donors (Lipinski definition) is 0. The van der Waals surface area contributed by atoms with E-state index in [0.29, 0.717) is 12.0 Å². The number of halogens is 2. The Kier molecular flexibility index (Phi) is 3.52. The number of nitrogens with zero attached hydrogens (tertiary/aromatic N) is 1. The molecule has 1 aromatic heterocycles. The maximum Gasteiger partial charge on any atom is 0.126 e. The molecule has 0 aliphatic carbocycles. The van der Waals surface area contributed by atoms with Crippen LogP contribution in [0.15, 0.2) is 48.8 Å². The van der Waals surface area contributed by atoms with Gasteiger partial charge >= 0.3 is 0 Å². The Morgan fingerprint density at radius 2 is 2.00 bits per heavy atom. The maximum absolute atomic E-state index is 13.4. The summed E-state index contributed by atoms with van der Waals surface area (Å²) < 4.78 is 13.4. The second kappa shape index (κ2) is 5.08. The molecule has 1 atom stereocenters. The maximum atomic E-state index is 13.4. The first-order valence-corrected chi connectivity index (χ1v) is 5.48. The van der Waals surface area contributed by atoms with Crippen LogP contribution in [0.25, 0.3) is 0 Å². The molecule has 0 aliphatic heterocycles. The molecular formula is C13H11ClFN. The van der Waals surface area contributed by atoms with Gasteiger partial charge in [0.15, 0.2) is 0 Å². The first kappa shape index (κ1) is 11.1. The molecule has 0 saturated heterocycles. The Labute approximate surface area is 98.9 Å². The van der Waals surface area contributed by atoms with Crippen molar-refractivity contribution in [2.24, 2.45) is 0 Å². The van der Waals surface area contributed by atoms with Gasteiger partial charge in [-0.2, -0.15) is 0 Å². The summed E-state index contributed by atoms with van der Waals surface area (Å²) in [4.78, 5) is 3.99. The Morgan fingerprint density at radius 1 is 1.19 bits per heavy atom. The highest BCUT2D eigenvalue weighted by molar-refractivity contribution is 6.20. The van der Waals surface area contributed by atoms with Gasteiger partial charge in [0.05, 0.1) is 5.38 Å². The minimum absolute atomic E-state index is 0.211. The second-order valence-electron chi connectivity index (χ2n) is 3.55. The zero-order valence-corrected chi connectivity index (χ0v) is 9.36. The highest BCUT2D eigenvalue weighted by Crippen LogP contribution is 2.25. The number of benzene rings is 1. The number of alkyl halides is 1. The molecule has 0 fully saturated rings. The Morgan fingerprint density at radius 3 is 2.69 bits per heavy atom. The lowest BCUT2D eigenvalue weighted by Gasteiger charge is -2.09. The fraction of sp³-hybridized carbons (Fsp3) is 0.154. The standard InChI is InChI=1S/C13H11ClFN/c14-12(11-5-3-7-16-9-11)8-10-4-1-2-6-13(10)15/h1-7,9,12H,8H2. The first-order valence-electron chi connectivity index (χ1n) is 5.05. The molecule has 0 amide bonds. The van der Waals surface area contributed by atoms with Crippen molar-refractivity contribution in [3.8, 4) is 0 Å². The highest BCUT2D eigenvalue weighted by Gasteiger charge is 2.11. The molecule has 82 valence electrons. The van der Waals surface area contributed by atoms with Crippen molar-refractivity contribution < 1.29 is 4.39 Å². The van der Waals surface area contributed by atoms with Crippen molar-refractivity contribution in [2.45, 2.75) is 11.8 Å². The lowest BCUT2D eigenvalue weighted by atomic mass is 10.1. The molecule has 3 heteroatoms.